The van der Waals surface area contributed by atoms with Crippen molar-refractivity contribution in [2.75, 3.05) is 6.54 Å². The van der Waals surface area contributed by atoms with Crippen LogP contribution in [0.5, 0.6) is 0 Å². The van der Waals surface area contributed by atoms with E-state index in [-0.39, 0.29) is 0 Å². The summed E-state index contributed by atoms with van der Waals surface area (Å²) in [7, 11) is 0. The number of aryl methyl sites for hydroxylation is 1. The van der Waals surface area contributed by atoms with Crippen molar-refractivity contribution in [1.82, 2.24) is 5.32 Å². The molecule has 1 nitrogen and oxygen atoms in total. The van der Waals surface area contributed by atoms with Crippen molar-refractivity contribution in [1.29, 1.82) is 0 Å². The lowest BCUT2D eigenvalue weighted by Crippen LogP contribution is -2.26. The molecule has 2 aromatic rings. The third-order valence-corrected chi connectivity index (χ3v) is 3.73. The number of benzene rings is 2. The predicted octanol–water partition coefficient (Wildman–Crippen LogP) is 3.96. The van der Waals surface area contributed by atoms with Gasteiger partial charge < -0.3 is 5.32 Å². The third kappa shape index (κ3) is 2.20. The number of hydrogen-bond donors (Lipinski definition) is 1. The van der Waals surface area contributed by atoms with E-state index in [9.17, 15) is 0 Å². The van der Waals surface area contributed by atoms with Gasteiger partial charge in [-0.05, 0) is 48.7 Å². The molecule has 1 unspecified atom stereocenters. The van der Waals surface area contributed by atoms with Gasteiger partial charge >= 0.3 is 0 Å². The van der Waals surface area contributed by atoms with Gasteiger partial charge in [-0.15, -0.1) is 0 Å². The van der Waals surface area contributed by atoms with Crippen LogP contribution in [0.1, 0.15) is 36.4 Å². The minimum Gasteiger partial charge on any atom is -0.310 e. The van der Waals surface area contributed by atoms with E-state index in [0.717, 1.165) is 6.54 Å². The molecule has 0 saturated carbocycles. The quantitative estimate of drug-likeness (QED) is 0.774. The molecule has 1 saturated heterocycles. The summed E-state index contributed by atoms with van der Waals surface area (Å²) in [6.45, 7) is 3.31. The summed E-state index contributed by atoms with van der Waals surface area (Å²) in [5.74, 6) is 0. The monoisotopic (exact) mass is 225 g/mol. The molecule has 88 valence electrons. The molecule has 0 bridgehead atoms. The maximum Gasteiger partial charge on any atom is 0.0320 e. The molecule has 1 fully saturated rings. The highest BCUT2D eigenvalue weighted by Gasteiger charge is 2.14. The van der Waals surface area contributed by atoms with Crippen LogP contribution in [0.4, 0.5) is 0 Å². The molecule has 17 heavy (non-hydrogen) atoms. The van der Waals surface area contributed by atoms with Crippen LogP contribution in [0.15, 0.2) is 36.4 Å². The highest BCUT2D eigenvalue weighted by molar-refractivity contribution is 5.83. The molecule has 0 spiro atoms. The first-order chi connectivity index (χ1) is 8.33. The standard InChI is InChI=1S/C16H19N/c1-12-5-6-14-11-15(8-7-13(14)10-12)16-4-2-3-9-17-16/h5-8,10-11,16-17H,2-4,9H2,1H3. The van der Waals surface area contributed by atoms with Crippen LogP contribution >= 0.6 is 0 Å². The average molecular weight is 225 g/mol. The maximum absolute atomic E-state index is 3.61. The van der Waals surface area contributed by atoms with Crippen molar-refractivity contribution in [3.63, 3.8) is 0 Å². The van der Waals surface area contributed by atoms with Crippen LogP contribution in [0.25, 0.3) is 10.8 Å². The van der Waals surface area contributed by atoms with Crippen molar-refractivity contribution < 1.29 is 0 Å². The maximum atomic E-state index is 3.61. The molecule has 1 N–H and O–H groups in total. The highest BCUT2D eigenvalue weighted by atomic mass is 14.9. The summed E-state index contributed by atoms with van der Waals surface area (Å²) >= 11 is 0. The van der Waals surface area contributed by atoms with Gasteiger partial charge in [0.2, 0.25) is 0 Å². The van der Waals surface area contributed by atoms with E-state index in [1.807, 2.05) is 0 Å². The molecule has 1 heteroatoms. The molecule has 0 amide bonds. The van der Waals surface area contributed by atoms with E-state index in [1.165, 1.54) is 41.2 Å². The number of fused-ring (bicyclic) bond motifs is 1. The van der Waals surface area contributed by atoms with Crippen LogP contribution in [0.2, 0.25) is 0 Å². The zero-order chi connectivity index (χ0) is 11.7. The number of rotatable bonds is 1. The summed E-state index contributed by atoms with van der Waals surface area (Å²) in [4.78, 5) is 0. The molecule has 0 radical (unpaired) electrons. The summed E-state index contributed by atoms with van der Waals surface area (Å²) in [6, 6.07) is 14.1. The molecule has 2 aromatic carbocycles. The van der Waals surface area contributed by atoms with Gasteiger partial charge in [0.15, 0.2) is 0 Å². The van der Waals surface area contributed by atoms with Gasteiger partial charge in [0.05, 0.1) is 0 Å². The fraction of sp³-hybridized carbons (Fsp3) is 0.375. The largest absolute Gasteiger partial charge is 0.310 e. The van der Waals surface area contributed by atoms with Crippen LogP contribution in [0, 0.1) is 6.92 Å². The van der Waals surface area contributed by atoms with E-state index in [0.29, 0.717) is 6.04 Å². The number of hydrogen-bond acceptors (Lipinski definition) is 1. The zero-order valence-corrected chi connectivity index (χ0v) is 10.4. The first kappa shape index (κ1) is 10.8. The van der Waals surface area contributed by atoms with Gasteiger partial charge in [-0.1, -0.05) is 42.3 Å². The second kappa shape index (κ2) is 4.50. The molecule has 0 aliphatic carbocycles. The molecular weight excluding hydrogens is 206 g/mol. The molecule has 1 aliphatic heterocycles. The molecule has 0 aromatic heterocycles. The summed E-state index contributed by atoms with van der Waals surface area (Å²) in [6.07, 6.45) is 3.95. The van der Waals surface area contributed by atoms with Crippen molar-refractivity contribution in [3.05, 3.63) is 47.5 Å². The number of nitrogens with one attached hydrogen (secondary N) is 1. The minimum atomic E-state index is 0.564. The lowest BCUT2D eigenvalue weighted by molar-refractivity contribution is 0.412. The van der Waals surface area contributed by atoms with Gasteiger partial charge in [-0.25, -0.2) is 0 Å². The summed E-state index contributed by atoms with van der Waals surface area (Å²) in [5.41, 5.74) is 2.78. The van der Waals surface area contributed by atoms with Crippen LogP contribution in [-0.4, -0.2) is 6.54 Å². The molecule has 1 atom stereocenters. The SMILES string of the molecule is Cc1ccc2cc(C3CCCCN3)ccc2c1. The van der Waals surface area contributed by atoms with Crippen molar-refractivity contribution in [3.8, 4) is 0 Å². The van der Waals surface area contributed by atoms with Crippen molar-refractivity contribution in [2.24, 2.45) is 0 Å². The van der Waals surface area contributed by atoms with Gasteiger partial charge in [0, 0.05) is 6.04 Å². The Morgan fingerprint density at radius 3 is 2.65 bits per heavy atom. The fourth-order valence-electron chi connectivity index (χ4n) is 2.74. The molecular formula is C16H19N. The Labute approximate surface area is 103 Å². The smallest absolute Gasteiger partial charge is 0.0320 e. The Hall–Kier alpha value is -1.34. The van der Waals surface area contributed by atoms with Crippen molar-refractivity contribution in [2.45, 2.75) is 32.2 Å². The lowest BCUT2D eigenvalue weighted by Gasteiger charge is -2.24. The Bertz CT molecular complexity index is 524. The topological polar surface area (TPSA) is 12.0 Å². The van der Waals surface area contributed by atoms with Crippen LogP contribution in [0.3, 0.4) is 0 Å². The minimum absolute atomic E-state index is 0.564. The first-order valence-electron chi connectivity index (χ1n) is 6.57. The third-order valence-electron chi connectivity index (χ3n) is 3.73. The van der Waals surface area contributed by atoms with Gasteiger partial charge in [0.25, 0.3) is 0 Å². The average Bonchev–Trinajstić information content (AvgIpc) is 2.39. The van der Waals surface area contributed by atoms with E-state index < -0.39 is 0 Å². The lowest BCUT2D eigenvalue weighted by atomic mass is 9.95. The van der Waals surface area contributed by atoms with Gasteiger partial charge in [0.1, 0.15) is 0 Å². The van der Waals surface area contributed by atoms with E-state index in [1.54, 1.807) is 0 Å². The van der Waals surface area contributed by atoms with E-state index in [4.69, 9.17) is 0 Å². The van der Waals surface area contributed by atoms with Gasteiger partial charge in [-0.3, -0.25) is 0 Å². The second-order valence-electron chi connectivity index (χ2n) is 5.11. The molecule has 1 heterocycles. The number of piperidine rings is 1. The second-order valence-corrected chi connectivity index (χ2v) is 5.11. The fourth-order valence-corrected chi connectivity index (χ4v) is 2.74. The van der Waals surface area contributed by atoms with Crippen LogP contribution < -0.4 is 5.32 Å². The zero-order valence-electron chi connectivity index (χ0n) is 10.4. The summed E-state index contributed by atoms with van der Waals surface area (Å²) < 4.78 is 0. The Morgan fingerprint density at radius 1 is 1.00 bits per heavy atom. The summed E-state index contributed by atoms with van der Waals surface area (Å²) in [5, 5.41) is 6.32. The molecule has 3 rings (SSSR count). The normalized spacial score (nSPS) is 20.6. The van der Waals surface area contributed by atoms with E-state index >= 15 is 0 Å². The predicted molar refractivity (Wildman–Crippen MR) is 73.3 cm³/mol. The molecule has 1 aliphatic rings. The van der Waals surface area contributed by atoms with E-state index in [2.05, 4.69) is 48.6 Å². The van der Waals surface area contributed by atoms with Crippen LogP contribution in [-0.2, 0) is 0 Å². The van der Waals surface area contributed by atoms with Crippen molar-refractivity contribution >= 4 is 10.8 Å². The highest BCUT2D eigenvalue weighted by Crippen LogP contribution is 2.26. The first-order valence-corrected chi connectivity index (χ1v) is 6.57. The Morgan fingerprint density at radius 2 is 1.82 bits per heavy atom. The van der Waals surface area contributed by atoms with Gasteiger partial charge in [-0.2, -0.15) is 0 Å². The Kier molecular flexibility index (Phi) is 2.86. The Balaban J connectivity index is 1.98.